The Labute approximate surface area is 228 Å². The fourth-order valence-corrected chi connectivity index (χ4v) is 5.65. The maximum absolute atomic E-state index is 6.97. The molecule has 2 fully saturated rings. The first-order chi connectivity index (χ1) is 18.1. The first-order valence-electron chi connectivity index (χ1n) is 13.3. The fourth-order valence-electron chi connectivity index (χ4n) is 4.37. The number of rotatable bonds is 10. The summed E-state index contributed by atoms with van der Waals surface area (Å²) >= 11 is 0. The summed E-state index contributed by atoms with van der Waals surface area (Å²) in [5.74, 6) is 0.801. The van der Waals surface area contributed by atoms with E-state index in [1.807, 2.05) is 54.6 Å². The molecule has 0 amide bonds. The third-order valence-corrected chi connectivity index (χ3v) is 12.0. The lowest BCUT2D eigenvalue weighted by Gasteiger charge is -2.51. The van der Waals surface area contributed by atoms with Gasteiger partial charge in [-0.15, -0.1) is 6.58 Å². The van der Waals surface area contributed by atoms with Crippen LogP contribution in [0.4, 0.5) is 0 Å². The van der Waals surface area contributed by atoms with E-state index in [4.69, 9.17) is 32.8 Å². The first kappa shape index (κ1) is 29.0. The monoisotopic (exact) mass is 542 g/mol. The number of ether oxygens (including phenoxy) is 6. The topological polar surface area (TPSA) is 64.6 Å². The summed E-state index contributed by atoms with van der Waals surface area (Å²) in [6.07, 6.45) is -1.18. The highest BCUT2D eigenvalue weighted by Crippen LogP contribution is 2.42. The lowest BCUT2D eigenvalue weighted by molar-refractivity contribution is -0.363. The minimum absolute atomic E-state index is 0.0174. The first-order valence-corrected chi connectivity index (χ1v) is 16.2. The molecule has 2 aliphatic heterocycles. The molecule has 0 N–H and O–H groups in total. The van der Waals surface area contributed by atoms with Crippen molar-refractivity contribution >= 4 is 8.32 Å². The Morgan fingerprint density at radius 3 is 2.32 bits per heavy atom. The highest BCUT2D eigenvalue weighted by molar-refractivity contribution is 6.74. The van der Waals surface area contributed by atoms with E-state index in [2.05, 4.69) is 40.4 Å². The van der Waals surface area contributed by atoms with Gasteiger partial charge in [-0.2, -0.15) is 0 Å². The van der Waals surface area contributed by atoms with E-state index < -0.39 is 39.2 Å². The van der Waals surface area contributed by atoms with Crippen LogP contribution in [-0.4, -0.2) is 59.3 Å². The van der Waals surface area contributed by atoms with Crippen molar-refractivity contribution in [1.29, 1.82) is 0 Å². The van der Waals surface area contributed by atoms with Gasteiger partial charge >= 0.3 is 0 Å². The Morgan fingerprint density at radius 1 is 0.974 bits per heavy atom. The minimum Gasteiger partial charge on any atom is -0.497 e. The number of methoxy groups -OCH3 is 1. The van der Waals surface area contributed by atoms with E-state index in [-0.39, 0.29) is 11.1 Å². The van der Waals surface area contributed by atoms with Crippen molar-refractivity contribution in [3.63, 3.8) is 0 Å². The Kier molecular flexibility index (Phi) is 9.47. The second kappa shape index (κ2) is 12.4. The molecule has 0 saturated carbocycles. The van der Waals surface area contributed by atoms with Crippen molar-refractivity contribution in [2.24, 2.45) is 0 Å². The van der Waals surface area contributed by atoms with Gasteiger partial charge in [0.05, 0.1) is 26.9 Å². The molecule has 2 aromatic rings. The molecule has 0 aliphatic carbocycles. The number of hydrogen-bond acceptors (Lipinski definition) is 7. The fraction of sp³-hybridized carbons (Fsp3) is 0.533. The van der Waals surface area contributed by atoms with Crippen molar-refractivity contribution in [3.05, 3.63) is 78.4 Å². The second-order valence-electron chi connectivity index (χ2n) is 11.3. The van der Waals surface area contributed by atoms with Gasteiger partial charge in [-0.05, 0) is 35.8 Å². The van der Waals surface area contributed by atoms with Crippen LogP contribution in [0.2, 0.25) is 18.1 Å². The summed E-state index contributed by atoms with van der Waals surface area (Å²) in [6.45, 7) is 16.0. The van der Waals surface area contributed by atoms with Crippen LogP contribution < -0.4 is 4.74 Å². The van der Waals surface area contributed by atoms with Crippen molar-refractivity contribution in [3.8, 4) is 5.75 Å². The van der Waals surface area contributed by atoms with Crippen LogP contribution in [0, 0.1) is 0 Å². The van der Waals surface area contributed by atoms with Crippen molar-refractivity contribution < 1.29 is 32.8 Å². The SMILES string of the molecule is C=CCO[C@H]1O[C@@H]2COC(c3ccccc3)O[C@H]2[C@H](OCc2ccc(OC)cc2)[C@@H]1O[Si](C)(C)C(C)(C)C. The van der Waals surface area contributed by atoms with Crippen molar-refractivity contribution in [1.82, 2.24) is 0 Å². The summed E-state index contributed by atoms with van der Waals surface area (Å²) < 4.78 is 44.2. The molecule has 2 saturated heterocycles. The normalized spacial score (nSPS) is 27.9. The molecule has 2 aromatic carbocycles. The van der Waals surface area contributed by atoms with Gasteiger partial charge in [-0.25, -0.2) is 0 Å². The van der Waals surface area contributed by atoms with Gasteiger partial charge in [0.2, 0.25) is 0 Å². The van der Waals surface area contributed by atoms with Gasteiger partial charge in [0.1, 0.15) is 30.2 Å². The highest BCUT2D eigenvalue weighted by atomic mass is 28.4. The lowest BCUT2D eigenvalue weighted by atomic mass is 9.97. The van der Waals surface area contributed by atoms with Crippen LogP contribution in [-0.2, 0) is 34.7 Å². The standard InChI is InChI=1S/C30H42O7Si/c1-8-18-32-29-27(37-38(6,7)30(2,3)4)26(33-19-21-14-16-23(31-5)17-15-21)25-24(35-29)20-34-28(36-25)22-12-10-9-11-13-22/h8-17,24-29H,1,18-20H2,2-7H3/t24-,25-,26+,27+,28?,29+/m1/s1. The van der Waals surface area contributed by atoms with E-state index >= 15 is 0 Å². The van der Waals surface area contributed by atoms with Crippen LogP contribution in [0.1, 0.15) is 38.2 Å². The maximum atomic E-state index is 6.97. The zero-order valence-corrected chi connectivity index (χ0v) is 24.4. The molecule has 2 aliphatic rings. The van der Waals surface area contributed by atoms with Crippen LogP contribution in [0.5, 0.6) is 5.75 Å². The summed E-state index contributed by atoms with van der Waals surface area (Å²) in [4.78, 5) is 0. The molecule has 0 spiro atoms. The second-order valence-corrected chi connectivity index (χ2v) is 16.1. The van der Waals surface area contributed by atoms with Crippen LogP contribution in [0.3, 0.4) is 0 Å². The van der Waals surface area contributed by atoms with E-state index in [1.165, 1.54) is 0 Å². The Morgan fingerprint density at radius 2 is 1.68 bits per heavy atom. The molecule has 1 unspecified atom stereocenters. The largest absolute Gasteiger partial charge is 0.497 e. The molecule has 2 heterocycles. The smallest absolute Gasteiger partial charge is 0.192 e. The molecule has 7 nitrogen and oxygen atoms in total. The molecular weight excluding hydrogens is 500 g/mol. The number of fused-ring (bicyclic) bond motifs is 1. The van der Waals surface area contributed by atoms with Gasteiger partial charge in [0.25, 0.3) is 0 Å². The van der Waals surface area contributed by atoms with Crippen LogP contribution >= 0.6 is 0 Å². The molecule has 0 bridgehead atoms. The predicted octanol–water partition coefficient (Wildman–Crippen LogP) is 6.01. The molecule has 0 radical (unpaired) electrons. The summed E-state index contributed by atoms with van der Waals surface area (Å²) in [6, 6.07) is 17.8. The molecule has 208 valence electrons. The van der Waals surface area contributed by atoms with E-state index in [1.54, 1.807) is 13.2 Å². The minimum atomic E-state index is -2.24. The summed E-state index contributed by atoms with van der Waals surface area (Å²) in [7, 11) is -0.584. The molecule has 8 heteroatoms. The highest BCUT2D eigenvalue weighted by Gasteiger charge is 2.54. The number of benzene rings is 2. The van der Waals surface area contributed by atoms with E-state index in [9.17, 15) is 0 Å². The Balaban J connectivity index is 1.65. The van der Waals surface area contributed by atoms with Crippen molar-refractivity contribution in [2.75, 3.05) is 20.3 Å². The van der Waals surface area contributed by atoms with Gasteiger partial charge < -0.3 is 32.8 Å². The zero-order chi connectivity index (χ0) is 27.3. The van der Waals surface area contributed by atoms with Gasteiger partial charge in [-0.1, -0.05) is 69.3 Å². The van der Waals surface area contributed by atoms with Gasteiger partial charge in [0, 0.05) is 5.56 Å². The summed E-state index contributed by atoms with van der Waals surface area (Å²) in [5, 5.41) is -0.0174. The lowest BCUT2D eigenvalue weighted by Crippen LogP contribution is -2.65. The molecule has 4 rings (SSSR count). The van der Waals surface area contributed by atoms with Gasteiger partial charge in [0.15, 0.2) is 20.9 Å². The predicted molar refractivity (Wildman–Crippen MR) is 148 cm³/mol. The molecule has 38 heavy (non-hydrogen) atoms. The van der Waals surface area contributed by atoms with Gasteiger partial charge in [-0.3, -0.25) is 0 Å². The average molecular weight is 543 g/mol. The quantitative estimate of drug-likeness (QED) is 0.269. The molecular formula is C30H42O7Si. The van der Waals surface area contributed by atoms with Crippen LogP contribution in [0.25, 0.3) is 0 Å². The van der Waals surface area contributed by atoms with Crippen molar-refractivity contribution in [2.45, 2.75) is 82.5 Å². The summed E-state index contributed by atoms with van der Waals surface area (Å²) in [5.41, 5.74) is 1.97. The maximum Gasteiger partial charge on any atom is 0.192 e. The number of hydrogen-bond donors (Lipinski definition) is 0. The third kappa shape index (κ3) is 6.74. The average Bonchev–Trinajstić information content (AvgIpc) is 2.91. The zero-order valence-electron chi connectivity index (χ0n) is 23.4. The van der Waals surface area contributed by atoms with E-state index in [0.29, 0.717) is 19.8 Å². The van der Waals surface area contributed by atoms with Crippen LogP contribution in [0.15, 0.2) is 67.3 Å². The third-order valence-electron chi connectivity index (χ3n) is 7.57. The molecule has 0 aromatic heterocycles. The Hall–Kier alpha value is -2.04. The molecule has 6 atom stereocenters. The Bertz CT molecular complexity index is 1020. The van der Waals surface area contributed by atoms with E-state index in [0.717, 1.165) is 16.9 Å².